The number of ether oxygens (including phenoxy) is 1. The fourth-order valence-electron chi connectivity index (χ4n) is 6.64. The van der Waals surface area contributed by atoms with Gasteiger partial charge in [-0.25, -0.2) is 8.78 Å². The Morgan fingerprint density at radius 1 is 1.19 bits per heavy atom. The number of aliphatic hydroxyl groups excluding tert-OH is 2. The van der Waals surface area contributed by atoms with Gasteiger partial charge in [-0.3, -0.25) is 14.9 Å². The van der Waals surface area contributed by atoms with Gasteiger partial charge in [-0.15, -0.1) is 0 Å². The Morgan fingerprint density at radius 3 is 2.52 bits per heavy atom. The molecule has 2 aromatic rings. The number of benzene rings is 2. The van der Waals surface area contributed by atoms with Gasteiger partial charge >= 0.3 is 5.97 Å². The van der Waals surface area contributed by atoms with E-state index in [0.29, 0.717) is 12.8 Å². The second-order valence-corrected chi connectivity index (χ2v) is 12.1. The molecule has 42 heavy (non-hydrogen) atoms. The SMILES string of the molecule is N#C[C@]1(c2ccc(Cl)cc2F)[C@H](CC2(CO)CCCCC2)N[C@@H](C(=O)OC[C@@H](O)CC(N)=O)[C@@H]1c1cccc(Cl)c1F. The molecule has 1 heterocycles. The summed E-state index contributed by atoms with van der Waals surface area (Å²) in [5.74, 6) is -4.83. The van der Waals surface area contributed by atoms with Gasteiger partial charge in [0.25, 0.3) is 0 Å². The number of hydrogen-bond acceptors (Lipinski definition) is 7. The van der Waals surface area contributed by atoms with Crippen LogP contribution in [0.4, 0.5) is 8.78 Å². The lowest BCUT2D eigenvalue weighted by atomic mass is 9.60. The Labute approximate surface area is 252 Å². The first-order valence-electron chi connectivity index (χ1n) is 13.8. The summed E-state index contributed by atoms with van der Waals surface area (Å²) in [5.41, 5.74) is 2.37. The highest BCUT2D eigenvalue weighted by Gasteiger charge is 2.62. The first-order valence-corrected chi connectivity index (χ1v) is 14.5. The van der Waals surface area contributed by atoms with Crippen LogP contribution >= 0.6 is 23.2 Å². The predicted molar refractivity (Wildman–Crippen MR) is 152 cm³/mol. The number of rotatable bonds is 10. The van der Waals surface area contributed by atoms with E-state index in [-0.39, 0.29) is 34.2 Å². The van der Waals surface area contributed by atoms with Crippen LogP contribution in [-0.2, 0) is 19.7 Å². The Balaban J connectivity index is 1.90. The summed E-state index contributed by atoms with van der Waals surface area (Å²) >= 11 is 12.2. The molecule has 226 valence electrons. The average Bonchev–Trinajstić information content (AvgIpc) is 3.27. The van der Waals surface area contributed by atoms with Crippen LogP contribution in [0.3, 0.4) is 0 Å². The second kappa shape index (κ2) is 13.2. The van der Waals surface area contributed by atoms with E-state index in [4.69, 9.17) is 33.7 Å². The van der Waals surface area contributed by atoms with Gasteiger partial charge in [0.2, 0.25) is 5.91 Å². The molecule has 0 radical (unpaired) electrons. The van der Waals surface area contributed by atoms with Crippen molar-refractivity contribution in [3.05, 3.63) is 69.2 Å². The predicted octanol–water partition coefficient (Wildman–Crippen LogP) is 4.27. The monoisotopic (exact) mass is 623 g/mol. The van der Waals surface area contributed by atoms with E-state index >= 15 is 8.78 Å². The van der Waals surface area contributed by atoms with Crippen LogP contribution < -0.4 is 11.1 Å². The Hall–Kier alpha value is -2.81. The summed E-state index contributed by atoms with van der Waals surface area (Å²) < 4.78 is 36.9. The van der Waals surface area contributed by atoms with Gasteiger partial charge < -0.3 is 20.7 Å². The zero-order chi connectivity index (χ0) is 30.7. The molecule has 0 bridgehead atoms. The summed E-state index contributed by atoms with van der Waals surface area (Å²) in [6, 6.07) is 7.85. The number of hydrogen-bond donors (Lipinski definition) is 4. The summed E-state index contributed by atoms with van der Waals surface area (Å²) in [6.45, 7) is -0.786. The summed E-state index contributed by atoms with van der Waals surface area (Å²) in [4.78, 5) is 24.8. The maximum absolute atomic E-state index is 15.8. The molecule has 5 atom stereocenters. The van der Waals surface area contributed by atoms with Crippen molar-refractivity contribution in [2.45, 2.75) is 74.5 Å². The number of carbonyl (C=O) groups is 2. The number of primary amides is 1. The number of nitrogens with zero attached hydrogens (tertiary/aromatic N) is 1. The highest BCUT2D eigenvalue weighted by Crippen LogP contribution is 2.54. The fraction of sp³-hybridized carbons (Fsp3) is 0.500. The van der Waals surface area contributed by atoms with Gasteiger partial charge in [-0.2, -0.15) is 5.26 Å². The third kappa shape index (κ3) is 6.26. The van der Waals surface area contributed by atoms with Crippen molar-refractivity contribution in [3.8, 4) is 6.07 Å². The van der Waals surface area contributed by atoms with Crippen molar-refractivity contribution in [1.82, 2.24) is 5.32 Å². The number of esters is 1. The Bertz CT molecular complexity index is 1370. The number of nitrogens with two attached hydrogens (primary N) is 1. The number of aliphatic hydroxyl groups is 2. The highest BCUT2D eigenvalue weighted by atomic mass is 35.5. The molecule has 4 rings (SSSR count). The maximum Gasteiger partial charge on any atom is 0.323 e. The Morgan fingerprint density at radius 2 is 1.90 bits per heavy atom. The summed E-state index contributed by atoms with van der Waals surface area (Å²) in [7, 11) is 0. The van der Waals surface area contributed by atoms with Crippen molar-refractivity contribution in [3.63, 3.8) is 0 Å². The highest BCUT2D eigenvalue weighted by molar-refractivity contribution is 6.31. The molecule has 0 spiro atoms. The lowest BCUT2D eigenvalue weighted by Gasteiger charge is -2.42. The number of nitriles is 1. The maximum atomic E-state index is 15.8. The van der Waals surface area contributed by atoms with E-state index in [2.05, 4.69) is 11.4 Å². The fourth-order valence-corrected chi connectivity index (χ4v) is 6.98. The van der Waals surface area contributed by atoms with Gasteiger partial charge in [-0.05, 0) is 48.4 Å². The summed E-state index contributed by atoms with van der Waals surface area (Å²) in [5, 5.41) is 34.5. The third-order valence-corrected chi connectivity index (χ3v) is 9.16. The molecule has 2 fully saturated rings. The molecule has 1 aliphatic heterocycles. The number of nitrogens with one attached hydrogen (secondary N) is 1. The first kappa shape index (κ1) is 32.1. The lowest BCUT2D eigenvalue weighted by molar-refractivity contribution is -0.150. The van der Waals surface area contributed by atoms with Crippen LogP contribution in [0.25, 0.3) is 0 Å². The quantitative estimate of drug-likeness (QED) is 0.289. The Kier molecular flexibility index (Phi) is 10.1. The van der Waals surface area contributed by atoms with Crippen LogP contribution in [-0.4, -0.2) is 53.5 Å². The first-order chi connectivity index (χ1) is 20.0. The molecule has 0 aromatic heterocycles. The molecule has 2 aromatic carbocycles. The lowest BCUT2D eigenvalue weighted by Crippen LogP contribution is -2.47. The normalized spacial score (nSPS) is 25.9. The van der Waals surface area contributed by atoms with Crippen LogP contribution in [0, 0.1) is 28.4 Å². The van der Waals surface area contributed by atoms with Gasteiger partial charge in [0, 0.05) is 29.2 Å². The third-order valence-electron chi connectivity index (χ3n) is 8.63. The van der Waals surface area contributed by atoms with E-state index in [1.165, 1.54) is 30.3 Å². The largest absolute Gasteiger partial charge is 0.462 e. The van der Waals surface area contributed by atoms with Crippen LogP contribution in [0.15, 0.2) is 36.4 Å². The van der Waals surface area contributed by atoms with Gasteiger partial charge in [0.1, 0.15) is 29.7 Å². The van der Waals surface area contributed by atoms with E-state index in [0.717, 1.165) is 25.3 Å². The minimum Gasteiger partial charge on any atom is -0.462 e. The van der Waals surface area contributed by atoms with Crippen molar-refractivity contribution < 1.29 is 33.3 Å². The molecule has 1 amide bonds. The molecule has 1 saturated heterocycles. The minimum atomic E-state index is -1.89. The number of amides is 1. The second-order valence-electron chi connectivity index (χ2n) is 11.3. The topological polar surface area (TPSA) is 146 Å². The standard InChI is InChI=1S/C30H33Cl2F2N3O5/c31-17-7-8-20(22(33)11-17)30(15-35)23(13-29(16-38)9-2-1-3-10-29)37-27(28(41)42-14-18(39)12-24(36)40)25(30)19-5-4-6-21(32)26(19)34/h4-8,11,18,23,25,27,37-39H,1-3,9-10,12-14,16H2,(H2,36,40)/t18-,23-,25-,27+,30-/m0/s1. The molecule has 0 unspecified atom stereocenters. The number of carbonyl (C=O) groups excluding carboxylic acids is 2. The molecule has 1 saturated carbocycles. The smallest absolute Gasteiger partial charge is 0.323 e. The van der Waals surface area contributed by atoms with Crippen molar-refractivity contribution in [2.24, 2.45) is 11.1 Å². The molecule has 1 aliphatic carbocycles. The van der Waals surface area contributed by atoms with Gasteiger partial charge in [-0.1, -0.05) is 60.7 Å². The van der Waals surface area contributed by atoms with Gasteiger partial charge in [0.15, 0.2) is 0 Å². The molecule has 2 aliphatic rings. The van der Waals surface area contributed by atoms with Gasteiger partial charge in [0.05, 0.1) is 23.6 Å². The zero-order valence-corrected chi connectivity index (χ0v) is 24.3. The molecular weight excluding hydrogens is 591 g/mol. The minimum absolute atomic E-state index is 0.0795. The van der Waals surface area contributed by atoms with Crippen molar-refractivity contribution in [1.29, 1.82) is 5.26 Å². The van der Waals surface area contributed by atoms with Crippen molar-refractivity contribution >= 4 is 35.1 Å². The van der Waals surface area contributed by atoms with E-state index < -0.39 is 71.5 Å². The average molecular weight is 625 g/mol. The molecular formula is C30H33Cl2F2N3O5. The van der Waals surface area contributed by atoms with E-state index in [1.54, 1.807) is 0 Å². The van der Waals surface area contributed by atoms with Crippen LogP contribution in [0.5, 0.6) is 0 Å². The number of halogens is 4. The van der Waals surface area contributed by atoms with E-state index in [1.807, 2.05) is 0 Å². The van der Waals surface area contributed by atoms with Crippen molar-refractivity contribution in [2.75, 3.05) is 13.2 Å². The van der Waals surface area contributed by atoms with E-state index in [9.17, 15) is 25.1 Å². The molecule has 8 nitrogen and oxygen atoms in total. The van der Waals surface area contributed by atoms with Crippen LogP contribution in [0.2, 0.25) is 10.0 Å². The van der Waals surface area contributed by atoms with Crippen LogP contribution in [0.1, 0.15) is 62.0 Å². The zero-order valence-electron chi connectivity index (χ0n) is 22.8. The summed E-state index contributed by atoms with van der Waals surface area (Å²) in [6.07, 6.45) is 2.29. The molecule has 12 heteroatoms. The molecule has 5 N–H and O–H groups in total.